The topological polar surface area (TPSA) is 26.0 Å². The van der Waals surface area contributed by atoms with Crippen molar-refractivity contribution in [2.24, 2.45) is 0 Å². The molecule has 0 saturated carbocycles. The Bertz CT molecular complexity index is 445. The van der Waals surface area contributed by atoms with Crippen molar-refractivity contribution < 1.29 is 35.1 Å². The van der Waals surface area contributed by atoms with E-state index in [1.165, 1.54) is 0 Å². The molecule has 0 aliphatic carbocycles. The van der Waals surface area contributed by atoms with E-state index in [9.17, 15) is 35.1 Å². The second-order valence-corrected chi connectivity index (χ2v) is 3.28. The largest absolute Gasteiger partial charge is 0.418 e. The van der Waals surface area contributed by atoms with Gasteiger partial charge in [-0.3, -0.25) is 0 Å². The molecule has 0 unspecified atom stereocenters. The van der Waals surface area contributed by atoms with Crippen LogP contribution < -0.4 is 5.73 Å². The van der Waals surface area contributed by atoms with Gasteiger partial charge in [0.25, 0.3) is 6.43 Å². The molecule has 0 spiro atoms. The highest BCUT2D eigenvalue weighted by Gasteiger charge is 2.41. The molecule has 0 atom stereocenters. The summed E-state index contributed by atoms with van der Waals surface area (Å²) in [6.07, 6.45) is -14.1. The summed E-state index contributed by atoms with van der Waals surface area (Å²) in [4.78, 5) is 0. The first-order valence-electron chi connectivity index (χ1n) is 4.31. The van der Waals surface area contributed by atoms with Crippen LogP contribution in [0.1, 0.15) is 23.1 Å². The average Bonchev–Trinajstić information content (AvgIpc) is 2.12. The minimum Gasteiger partial charge on any atom is -0.398 e. The van der Waals surface area contributed by atoms with Crippen molar-refractivity contribution in [3.05, 3.63) is 28.8 Å². The van der Waals surface area contributed by atoms with Gasteiger partial charge in [0.05, 0.1) is 22.4 Å². The minimum absolute atomic E-state index is 0.0318. The first-order valence-corrected chi connectivity index (χ1v) is 4.31. The second-order valence-electron chi connectivity index (χ2n) is 3.28. The zero-order valence-electron chi connectivity index (χ0n) is 8.33. The van der Waals surface area contributed by atoms with Crippen LogP contribution in [-0.2, 0) is 12.4 Å². The molecule has 1 aromatic carbocycles. The molecule has 0 bridgehead atoms. The molecular weight excluding hydrogens is 274 g/mol. The quantitative estimate of drug-likeness (QED) is 0.603. The average molecular weight is 279 g/mol. The smallest absolute Gasteiger partial charge is 0.398 e. The van der Waals surface area contributed by atoms with E-state index in [2.05, 4.69) is 0 Å². The number of benzene rings is 1. The number of alkyl halides is 8. The Morgan fingerprint density at radius 3 is 1.56 bits per heavy atom. The van der Waals surface area contributed by atoms with Crippen LogP contribution in [0.4, 0.5) is 40.8 Å². The van der Waals surface area contributed by atoms with E-state index in [-0.39, 0.29) is 12.1 Å². The standard InChI is InChI=1S/C9H5F8N/c10-7(11)5-3(8(12,13)14)1-2-4(6(5)18)9(15,16)17/h1-2,7H,18H2. The predicted octanol–water partition coefficient (Wildman–Crippen LogP) is 4.24. The van der Waals surface area contributed by atoms with Gasteiger partial charge in [0, 0.05) is 0 Å². The van der Waals surface area contributed by atoms with Crippen molar-refractivity contribution in [2.45, 2.75) is 18.8 Å². The Kier molecular flexibility index (Phi) is 3.46. The van der Waals surface area contributed by atoms with Crippen molar-refractivity contribution >= 4 is 5.69 Å². The van der Waals surface area contributed by atoms with E-state index < -0.39 is 41.2 Å². The summed E-state index contributed by atoms with van der Waals surface area (Å²) in [6, 6.07) is -0.0231. The van der Waals surface area contributed by atoms with Gasteiger partial charge in [-0.2, -0.15) is 26.3 Å². The molecule has 18 heavy (non-hydrogen) atoms. The summed E-state index contributed by atoms with van der Waals surface area (Å²) in [5.41, 5.74) is -2.28. The molecule has 9 heteroatoms. The SMILES string of the molecule is Nc1c(C(F)(F)F)ccc(C(F)(F)F)c1C(F)F. The summed E-state index contributed by atoms with van der Waals surface area (Å²) in [5, 5.41) is 0. The Morgan fingerprint density at radius 1 is 0.833 bits per heavy atom. The van der Waals surface area contributed by atoms with Crippen LogP contribution in [0.3, 0.4) is 0 Å². The van der Waals surface area contributed by atoms with E-state index in [0.717, 1.165) is 0 Å². The number of hydrogen-bond donors (Lipinski definition) is 1. The lowest BCUT2D eigenvalue weighted by molar-refractivity contribution is -0.142. The maximum absolute atomic E-state index is 12.4. The van der Waals surface area contributed by atoms with Gasteiger partial charge in [-0.15, -0.1) is 0 Å². The van der Waals surface area contributed by atoms with Gasteiger partial charge in [0.2, 0.25) is 0 Å². The lowest BCUT2D eigenvalue weighted by atomic mass is 10.0. The van der Waals surface area contributed by atoms with Crippen LogP contribution in [0.15, 0.2) is 12.1 Å². The minimum atomic E-state index is -5.20. The maximum atomic E-state index is 12.4. The lowest BCUT2D eigenvalue weighted by Crippen LogP contribution is -2.16. The molecule has 0 aliphatic rings. The molecule has 0 radical (unpaired) electrons. The molecule has 1 nitrogen and oxygen atoms in total. The number of anilines is 1. The van der Waals surface area contributed by atoms with Gasteiger partial charge in [-0.05, 0) is 12.1 Å². The Labute approximate surface area is 95.2 Å². The van der Waals surface area contributed by atoms with Crippen molar-refractivity contribution in [3.63, 3.8) is 0 Å². The number of rotatable bonds is 1. The van der Waals surface area contributed by atoms with Crippen molar-refractivity contribution in [1.29, 1.82) is 0 Å². The van der Waals surface area contributed by atoms with Crippen LogP contribution in [0, 0.1) is 0 Å². The maximum Gasteiger partial charge on any atom is 0.418 e. The summed E-state index contributed by atoms with van der Waals surface area (Å²) in [6.45, 7) is 0. The fourth-order valence-electron chi connectivity index (χ4n) is 1.37. The molecule has 102 valence electrons. The third kappa shape index (κ3) is 2.65. The molecule has 0 aliphatic heterocycles. The Balaban J connectivity index is 3.59. The van der Waals surface area contributed by atoms with Crippen LogP contribution in [0.5, 0.6) is 0 Å². The first kappa shape index (κ1) is 14.5. The van der Waals surface area contributed by atoms with Gasteiger partial charge >= 0.3 is 12.4 Å². The summed E-state index contributed by atoms with van der Waals surface area (Å²) in [7, 11) is 0. The predicted molar refractivity (Wildman–Crippen MR) is 45.8 cm³/mol. The van der Waals surface area contributed by atoms with Gasteiger partial charge in [-0.25, -0.2) is 8.78 Å². The van der Waals surface area contributed by atoms with Gasteiger partial charge in [0.1, 0.15) is 0 Å². The van der Waals surface area contributed by atoms with Crippen LogP contribution in [-0.4, -0.2) is 0 Å². The number of nitrogens with two attached hydrogens (primary N) is 1. The van der Waals surface area contributed by atoms with Gasteiger partial charge < -0.3 is 5.73 Å². The summed E-state index contributed by atoms with van der Waals surface area (Å²) < 4.78 is 98.9. The highest BCUT2D eigenvalue weighted by atomic mass is 19.4. The van der Waals surface area contributed by atoms with Crippen LogP contribution >= 0.6 is 0 Å². The van der Waals surface area contributed by atoms with Crippen molar-refractivity contribution in [3.8, 4) is 0 Å². The third-order valence-corrected chi connectivity index (χ3v) is 2.12. The van der Waals surface area contributed by atoms with Crippen molar-refractivity contribution in [1.82, 2.24) is 0 Å². The van der Waals surface area contributed by atoms with Gasteiger partial charge in [-0.1, -0.05) is 0 Å². The Hall–Kier alpha value is -1.54. The van der Waals surface area contributed by atoms with E-state index in [1.807, 2.05) is 0 Å². The Morgan fingerprint density at radius 2 is 1.22 bits per heavy atom. The molecule has 0 amide bonds. The third-order valence-electron chi connectivity index (χ3n) is 2.12. The molecule has 0 aromatic heterocycles. The van der Waals surface area contributed by atoms with Crippen LogP contribution in [0.2, 0.25) is 0 Å². The van der Waals surface area contributed by atoms with Crippen LogP contribution in [0.25, 0.3) is 0 Å². The second kappa shape index (κ2) is 4.29. The van der Waals surface area contributed by atoms with E-state index in [0.29, 0.717) is 0 Å². The van der Waals surface area contributed by atoms with E-state index >= 15 is 0 Å². The highest BCUT2D eigenvalue weighted by Crippen LogP contribution is 2.44. The fraction of sp³-hybridized carbons (Fsp3) is 0.333. The fourth-order valence-corrected chi connectivity index (χ4v) is 1.37. The summed E-state index contributed by atoms with van der Waals surface area (Å²) >= 11 is 0. The number of hydrogen-bond acceptors (Lipinski definition) is 1. The molecule has 2 N–H and O–H groups in total. The number of nitrogen functional groups attached to an aromatic ring is 1. The number of halogens is 8. The lowest BCUT2D eigenvalue weighted by Gasteiger charge is -2.18. The van der Waals surface area contributed by atoms with Gasteiger partial charge in [0.15, 0.2) is 0 Å². The summed E-state index contributed by atoms with van der Waals surface area (Å²) in [5.74, 6) is 0. The monoisotopic (exact) mass is 279 g/mol. The highest BCUT2D eigenvalue weighted by molar-refractivity contribution is 5.59. The molecular formula is C9H5F8N. The van der Waals surface area contributed by atoms with E-state index in [4.69, 9.17) is 5.73 Å². The normalized spacial score (nSPS) is 13.2. The van der Waals surface area contributed by atoms with Crippen molar-refractivity contribution in [2.75, 3.05) is 5.73 Å². The molecule has 1 rings (SSSR count). The first-order chi connectivity index (χ1) is 7.96. The zero-order chi connectivity index (χ0) is 14.3. The molecule has 0 heterocycles. The molecule has 1 aromatic rings. The van der Waals surface area contributed by atoms with E-state index in [1.54, 1.807) is 0 Å². The zero-order valence-corrected chi connectivity index (χ0v) is 8.33. The molecule has 0 saturated heterocycles. The molecule has 0 fully saturated rings.